The van der Waals surface area contributed by atoms with Gasteiger partial charge in [0, 0.05) is 12.6 Å². The van der Waals surface area contributed by atoms with Gasteiger partial charge in [0.1, 0.15) is 0 Å². The Labute approximate surface area is 83.5 Å². The van der Waals surface area contributed by atoms with E-state index in [2.05, 4.69) is 0 Å². The maximum Gasteiger partial charge on any atom is 0.335 e. The predicted molar refractivity (Wildman–Crippen MR) is 50.8 cm³/mol. The average molecular weight is 197 g/mol. The van der Waals surface area contributed by atoms with Crippen LogP contribution in [0.2, 0.25) is 0 Å². The summed E-state index contributed by atoms with van der Waals surface area (Å²) in [4.78, 5) is 27.5. The number of hydrogen-bond donors (Lipinski definition) is 0. The first-order chi connectivity index (χ1) is 6.61. The molecule has 0 N–H and O–H groups in total. The first-order valence-corrected chi connectivity index (χ1v) is 4.82. The molecule has 1 aliphatic heterocycles. The Bertz CT molecular complexity index is 258. The average Bonchev–Trinajstić information content (AvgIpc) is 2.32. The van der Waals surface area contributed by atoms with Gasteiger partial charge >= 0.3 is 5.97 Å². The lowest BCUT2D eigenvalue weighted by Gasteiger charge is -2.16. The maximum absolute atomic E-state index is 11.4. The number of allylic oxidation sites excluding steroid dienone is 1. The Kier molecular flexibility index (Phi) is 3.68. The monoisotopic (exact) mass is 197 g/mol. The Balaban J connectivity index is 2.57. The van der Waals surface area contributed by atoms with Gasteiger partial charge in [-0.1, -0.05) is 19.9 Å². The molecule has 0 radical (unpaired) electrons. The van der Waals surface area contributed by atoms with Crippen molar-refractivity contribution in [2.45, 2.75) is 33.1 Å². The second kappa shape index (κ2) is 4.79. The minimum atomic E-state index is -0.384. The Morgan fingerprint density at radius 2 is 2.29 bits per heavy atom. The highest BCUT2D eigenvalue weighted by molar-refractivity contribution is 5.79. The summed E-state index contributed by atoms with van der Waals surface area (Å²) in [6.07, 6.45) is 5.44. The summed E-state index contributed by atoms with van der Waals surface area (Å²) in [6, 6.07) is 0. The second-order valence-corrected chi connectivity index (χ2v) is 3.56. The molecule has 4 nitrogen and oxygen atoms in total. The summed E-state index contributed by atoms with van der Waals surface area (Å²) in [5.41, 5.74) is 0. The molecule has 1 rings (SSSR count). The van der Waals surface area contributed by atoms with Gasteiger partial charge in [-0.15, -0.1) is 5.06 Å². The van der Waals surface area contributed by atoms with E-state index >= 15 is 0 Å². The van der Waals surface area contributed by atoms with Crippen LogP contribution in [0.1, 0.15) is 33.1 Å². The zero-order valence-electron chi connectivity index (χ0n) is 8.53. The van der Waals surface area contributed by atoms with E-state index in [4.69, 9.17) is 4.84 Å². The van der Waals surface area contributed by atoms with Crippen molar-refractivity contribution in [1.82, 2.24) is 5.06 Å². The van der Waals surface area contributed by atoms with Gasteiger partial charge in [-0.05, 0) is 12.8 Å². The standard InChI is InChI=1S/C10H15NO3/c1-8(2)10(13)14-11-7-5-3-4-6-9(11)12/h5,7-8H,3-4,6H2,1-2H3. The highest BCUT2D eigenvalue weighted by atomic mass is 16.7. The maximum atomic E-state index is 11.4. The number of carbonyl (C=O) groups is 2. The topological polar surface area (TPSA) is 46.6 Å². The molecular weight excluding hydrogens is 182 g/mol. The molecule has 1 amide bonds. The first kappa shape index (κ1) is 10.8. The number of carbonyl (C=O) groups excluding carboxylic acids is 2. The zero-order chi connectivity index (χ0) is 10.6. The fraction of sp³-hybridized carbons (Fsp3) is 0.600. The van der Waals surface area contributed by atoms with Gasteiger partial charge in [-0.25, -0.2) is 4.79 Å². The molecule has 0 bridgehead atoms. The third kappa shape index (κ3) is 2.87. The van der Waals surface area contributed by atoms with E-state index in [-0.39, 0.29) is 17.8 Å². The van der Waals surface area contributed by atoms with E-state index in [1.807, 2.05) is 6.08 Å². The summed E-state index contributed by atoms with van der Waals surface area (Å²) in [6.45, 7) is 3.46. The summed E-state index contributed by atoms with van der Waals surface area (Å²) in [7, 11) is 0. The molecule has 0 saturated carbocycles. The SMILES string of the molecule is CC(C)C(=O)ON1C=CCCCC1=O. The van der Waals surface area contributed by atoms with Gasteiger partial charge < -0.3 is 4.84 Å². The van der Waals surface area contributed by atoms with E-state index in [0.29, 0.717) is 6.42 Å². The van der Waals surface area contributed by atoms with Crippen LogP contribution in [-0.2, 0) is 14.4 Å². The zero-order valence-corrected chi connectivity index (χ0v) is 8.53. The van der Waals surface area contributed by atoms with Gasteiger partial charge in [-0.3, -0.25) is 4.79 Å². The molecule has 1 heterocycles. The second-order valence-electron chi connectivity index (χ2n) is 3.56. The molecule has 0 atom stereocenters. The van der Waals surface area contributed by atoms with Gasteiger partial charge in [-0.2, -0.15) is 0 Å². The smallest absolute Gasteiger partial charge is 0.333 e. The van der Waals surface area contributed by atoms with Crippen LogP contribution < -0.4 is 0 Å². The van der Waals surface area contributed by atoms with Crippen LogP contribution in [0.4, 0.5) is 0 Å². The lowest BCUT2D eigenvalue weighted by molar-refractivity contribution is -0.190. The highest BCUT2D eigenvalue weighted by Gasteiger charge is 2.19. The molecule has 0 spiro atoms. The van der Waals surface area contributed by atoms with Crippen LogP contribution in [-0.4, -0.2) is 16.9 Å². The third-order valence-corrected chi connectivity index (χ3v) is 1.91. The van der Waals surface area contributed by atoms with Crippen molar-refractivity contribution in [1.29, 1.82) is 0 Å². The summed E-state index contributed by atoms with van der Waals surface area (Å²) in [5, 5.41) is 1.04. The molecule has 0 aromatic rings. The number of nitrogens with zero attached hydrogens (tertiary/aromatic N) is 1. The molecule has 0 aliphatic carbocycles. The summed E-state index contributed by atoms with van der Waals surface area (Å²) in [5.74, 6) is -0.767. The highest BCUT2D eigenvalue weighted by Crippen LogP contribution is 2.10. The van der Waals surface area contributed by atoms with Crippen LogP contribution in [0.3, 0.4) is 0 Å². The molecule has 1 aliphatic rings. The van der Waals surface area contributed by atoms with Crippen molar-refractivity contribution >= 4 is 11.9 Å². The minimum absolute atomic E-state index is 0.159. The van der Waals surface area contributed by atoms with E-state index in [0.717, 1.165) is 17.9 Å². The predicted octanol–water partition coefficient (Wildman–Crippen LogP) is 1.63. The van der Waals surface area contributed by atoms with E-state index in [9.17, 15) is 9.59 Å². The lowest BCUT2D eigenvalue weighted by atomic mass is 10.2. The van der Waals surface area contributed by atoms with Crippen molar-refractivity contribution in [3.63, 3.8) is 0 Å². The number of hydroxylamine groups is 2. The van der Waals surface area contributed by atoms with Crippen molar-refractivity contribution < 1.29 is 14.4 Å². The van der Waals surface area contributed by atoms with Crippen LogP contribution in [0.15, 0.2) is 12.3 Å². The quantitative estimate of drug-likeness (QED) is 0.675. The summed E-state index contributed by atoms with van der Waals surface area (Å²) >= 11 is 0. The Morgan fingerprint density at radius 3 is 2.93 bits per heavy atom. The van der Waals surface area contributed by atoms with E-state index < -0.39 is 0 Å². The molecule has 78 valence electrons. The molecule has 0 fully saturated rings. The number of rotatable bonds is 2. The van der Waals surface area contributed by atoms with E-state index in [1.54, 1.807) is 13.8 Å². The lowest BCUT2D eigenvalue weighted by Crippen LogP contribution is -2.29. The van der Waals surface area contributed by atoms with Crippen LogP contribution in [0.5, 0.6) is 0 Å². The molecule has 14 heavy (non-hydrogen) atoms. The van der Waals surface area contributed by atoms with E-state index in [1.165, 1.54) is 6.20 Å². The summed E-state index contributed by atoms with van der Waals surface area (Å²) < 4.78 is 0. The van der Waals surface area contributed by atoms with Crippen LogP contribution in [0, 0.1) is 5.92 Å². The van der Waals surface area contributed by atoms with Gasteiger partial charge in [0.15, 0.2) is 0 Å². The minimum Gasteiger partial charge on any atom is -0.333 e. The van der Waals surface area contributed by atoms with Crippen molar-refractivity contribution in [3.8, 4) is 0 Å². The fourth-order valence-electron chi connectivity index (χ4n) is 1.02. The largest absolute Gasteiger partial charge is 0.335 e. The van der Waals surface area contributed by atoms with Crippen molar-refractivity contribution in [2.24, 2.45) is 5.92 Å². The molecule has 0 unspecified atom stereocenters. The van der Waals surface area contributed by atoms with Crippen LogP contribution >= 0.6 is 0 Å². The van der Waals surface area contributed by atoms with Crippen LogP contribution in [0.25, 0.3) is 0 Å². The third-order valence-electron chi connectivity index (χ3n) is 1.91. The first-order valence-electron chi connectivity index (χ1n) is 4.82. The van der Waals surface area contributed by atoms with Crippen molar-refractivity contribution in [3.05, 3.63) is 12.3 Å². The number of hydrogen-bond acceptors (Lipinski definition) is 3. The fourth-order valence-corrected chi connectivity index (χ4v) is 1.02. The normalized spacial score (nSPS) is 17.1. The van der Waals surface area contributed by atoms with Gasteiger partial charge in [0.05, 0.1) is 5.92 Å². The molecule has 0 saturated heterocycles. The van der Waals surface area contributed by atoms with Crippen molar-refractivity contribution in [2.75, 3.05) is 0 Å². The molecular formula is C10H15NO3. The van der Waals surface area contributed by atoms with Gasteiger partial charge in [0.25, 0.3) is 5.91 Å². The van der Waals surface area contributed by atoms with Gasteiger partial charge in [0.2, 0.25) is 0 Å². The Hall–Kier alpha value is -1.32. The Morgan fingerprint density at radius 1 is 1.57 bits per heavy atom. The number of amides is 1. The molecule has 4 heteroatoms. The molecule has 0 aromatic heterocycles. The molecule has 0 aromatic carbocycles.